The van der Waals surface area contributed by atoms with Crippen molar-refractivity contribution in [2.24, 2.45) is 0 Å². The summed E-state index contributed by atoms with van der Waals surface area (Å²) in [6, 6.07) is 15.0. The molecular weight excluding hydrogens is 322 g/mol. The van der Waals surface area contributed by atoms with Crippen molar-refractivity contribution in [3.8, 4) is 0 Å². The molecule has 1 N–H and O–H groups in total. The molecule has 0 aliphatic carbocycles. The molecule has 0 amide bonds. The third-order valence-corrected chi connectivity index (χ3v) is 4.45. The van der Waals surface area contributed by atoms with Gasteiger partial charge < -0.3 is 10.0 Å². The maximum absolute atomic E-state index is 11.7. The molecule has 2 aromatic rings. The van der Waals surface area contributed by atoms with E-state index in [1.54, 1.807) is 12.1 Å². The van der Waals surface area contributed by atoms with Gasteiger partial charge in [0.1, 0.15) is 6.04 Å². The first-order valence-corrected chi connectivity index (χ1v) is 8.07. The molecule has 1 fully saturated rings. The lowest BCUT2D eigenvalue weighted by Crippen LogP contribution is -2.49. The van der Waals surface area contributed by atoms with E-state index in [4.69, 9.17) is 0 Å². The first kappa shape index (κ1) is 16.9. The maximum Gasteiger partial charge on any atom is 0.325 e. The number of aliphatic carboxylic acids is 1. The molecule has 0 radical (unpaired) electrons. The molecule has 1 aliphatic rings. The molecule has 2 aromatic carbocycles. The van der Waals surface area contributed by atoms with Gasteiger partial charge in [-0.3, -0.25) is 19.8 Å². The van der Waals surface area contributed by atoms with Crippen molar-refractivity contribution in [2.75, 3.05) is 31.1 Å². The lowest BCUT2D eigenvalue weighted by molar-refractivity contribution is -0.384. The van der Waals surface area contributed by atoms with E-state index in [2.05, 4.69) is 4.90 Å². The van der Waals surface area contributed by atoms with Gasteiger partial charge in [-0.2, -0.15) is 0 Å². The zero-order chi connectivity index (χ0) is 17.8. The van der Waals surface area contributed by atoms with Crippen LogP contribution >= 0.6 is 0 Å². The second-order valence-corrected chi connectivity index (χ2v) is 5.95. The molecule has 1 saturated heterocycles. The topological polar surface area (TPSA) is 86.9 Å². The van der Waals surface area contributed by atoms with Crippen LogP contribution in [0, 0.1) is 10.1 Å². The van der Waals surface area contributed by atoms with E-state index in [0.29, 0.717) is 26.2 Å². The SMILES string of the molecule is O=C(O)C(c1ccccc1)N1CCN(c2ccc([N+](=O)[O-])cc2)CC1. The highest BCUT2D eigenvalue weighted by molar-refractivity contribution is 5.75. The summed E-state index contributed by atoms with van der Waals surface area (Å²) in [5, 5.41) is 20.4. The van der Waals surface area contributed by atoms with Crippen LogP contribution in [0.1, 0.15) is 11.6 Å². The van der Waals surface area contributed by atoms with Gasteiger partial charge in [-0.1, -0.05) is 30.3 Å². The van der Waals surface area contributed by atoms with Crippen LogP contribution in [-0.4, -0.2) is 47.1 Å². The highest BCUT2D eigenvalue weighted by Gasteiger charge is 2.30. The molecule has 1 aliphatic heterocycles. The fourth-order valence-electron chi connectivity index (χ4n) is 3.17. The average Bonchev–Trinajstić information content (AvgIpc) is 2.63. The fourth-order valence-corrected chi connectivity index (χ4v) is 3.17. The Hall–Kier alpha value is -2.93. The van der Waals surface area contributed by atoms with Crippen LogP contribution < -0.4 is 4.90 Å². The lowest BCUT2D eigenvalue weighted by Gasteiger charge is -2.38. The maximum atomic E-state index is 11.7. The number of benzene rings is 2. The van der Waals surface area contributed by atoms with Crippen molar-refractivity contribution in [2.45, 2.75) is 6.04 Å². The van der Waals surface area contributed by atoms with Crippen molar-refractivity contribution in [3.05, 3.63) is 70.3 Å². The number of nitro benzene ring substituents is 1. The zero-order valence-corrected chi connectivity index (χ0v) is 13.6. The number of non-ortho nitro benzene ring substituents is 1. The van der Waals surface area contributed by atoms with E-state index in [1.165, 1.54) is 12.1 Å². The number of hydrogen-bond acceptors (Lipinski definition) is 5. The molecular formula is C18H19N3O4. The van der Waals surface area contributed by atoms with Gasteiger partial charge >= 0.3 is 5.97 Å². The Morgan fingerprint density at radius 1 is 1.00 bits per heavy atom. The summed E-state index contributed by atoms with van der Waals surface area (Å²) < 4.78 is 0. The summed E-state index contributed by atoms with van der Waals surface area (Å²) in [7, 11) is 0. The van der Waals surface area contributed by atoms with Crippen LogP contribution in [0.15, 0.2) is 54.6 Å². The van der Waals surface area contributed by atoms with Gasteiger partial charge in [0.2, 0.25) is 0 Å². The van der Waals surface area contributed by atoms with Gasteiger partial charge in [-0.25, -0.2) is 0 Å². The van der Waals surface area contributed by atoms with Crippen LogP contribution in [0.5, 0.6) is 0 Å². The van der Waals surface area contributed by atoms with Gasteiger partial charge in [0, 0.05) is 44.0 Å². The minimum Gasteiger partial charge on any atom is -0.480 e. The molecule has 1 atom stereocenters. The number of hydrogen-bond donors (Lipinski definition) is 1. The number of piperazine rings is 1. The summed E-state index contributed by atoms with van der Waals surface area (Å²) in [4.78, 5) is 26.1. The predicted molar refractivity (Wildman–Crippen MR) is 93.7 cm³/mol. The van der Waals surface area contributed by atoms with Crippen molar-refractivity contribution in [1.82, 2.24) is 4.90 Å². The molecule has 7 nitrogen and oxygen atoms in total. The molecule has 3 rings (SSSR count). The predicted octanol–water partition coefficient (Wildman–Crippen LogP) is 2.54. The van der Waals surface area contributed by atoms with E-state index in [9.17, 15) is 20.0 Å². The van der Waals surface area contributed by atoms with E-state index in [0.717, 1.165) is 11.3 Å². The van der Waals surface area contributed by atoms with Crippen LogP contribution in [0.3, 0.4) is 0 Å². The smallest absolute Gasteiger partial charge is 0.325 e. The molecule has 1 unspecified atom stereocenters. The van der Waals surface area contributed by atoms with Gasteiger partial charge in [0.15, 0.2) is 0 Å². The Morgan fingerprint density at radius 3 is 2.12 bits per heavy atom. The third kappa shape index (κ3) is 3.77. The van der Waals surface area contributed by atoms with Crippen molar-refractivity contribution >= 4 is 17.3 Å². The fraction of sp³-hybridized carbons (Fsp3) is 0.278. The number of carboxylic acid groups (broad SMARTS) is 1. The largest absolute Gasteiger partial charge is 0.480 e. The van der Waals surface area contributed by atoms with E-state index >= 15 is 0 Å². The molecule has 0 spiro atoms. The molecule has 0 aromatic heterocycles. The number of nitrogens with zero attached hydrogens (tertiary/aromatic N) is 3. The quantitative estimate of drug-likeness (QED) is 0.664. The first-order chi connectivity index (χ1) is 12.1. The number of rotatable bonds is 5. The van der Waals surface area contributed by atoms with Crippen LogP contribution in [-0.2, 0) is 4.79 Å². The van der Waals surface area contributed by atoms with E-state index in [-0.39, 0.29) is 5.69 Å². The van der Waals surface area contributed by atoms with Gasteiger partial charge in [0.25, 0.3) is 5.69 Å². The highest BCUT2D eigenvalue weighted by Crippen LogP contribution is 2.25. The van der Waals surface area contributed by atoms with Crippen molar-refractivity contribution in [1.29, 1.82) is 0 Å². The number of carboxylic acids is 1. The summed E-state index contributed by atoms with van der Waals surface area (Å²) in [6.45, 7) is 2.58. The van der Waals surface area contributed by atoms with Crippen molar-refractivity contribution in [3.63, 3.8) is 0 Å². The molecule has 7 heteroatoms. The van der Waals surface area contributed by atoms with Crippen molar-refractivity contribution < 1.29 is 14.8 Å². The van der Waals surface area contributed by atoms with Crippen LogP contribution in [0.4, 0.5) is 11.4 Å². The second kappa shape index (κ2) is 7.31. The molecule has 130 valence electrons. The van der Waals surface area contributed by atoms with E-state index < -0.39 is 16.9 Å². The third-order valence-electron chi connectivity index (χ3n) is 4.45. The van der Waals surface area contributed by atoms with E-state index in [1.807, 2.05) is 35.2 Å². The minimum absolute atomic E-state index is 0.0670. The Morgan fingerprint density at radius 2 is 1.60 bits per heavy atom. The normalized spacial score (nSPS) is 16.4. The average molecular weight is 341 g/mol. The van der Waals surface area contributed by atoms with Crippen LogP contribution in [0.25, 0.3) is 0 Å². The van der Waals surface area contributed by atoms with Gasteiger partial charge in [-0.05, 0) is 17.7 Å². The number of nitro groups is 1. The van der Waals surface area contributed by atoms with Gasteiger partial charge in [-0.15, -0.1) is 0 Å². The summed E-state index contributed by atoms with van der Waals surface area (Å²) in [5.41, 5.74) is 1.76. The number of anilines is 1. The summed E-state index contributed by atoms with van der Waals surface area (Å²) >= 11 is 0. The Balaban J connectivity index is 1.68. The monoisotopic (exact) mass is 341 g/mol. The zero-order valence-electron chi connectivity index (χ0n) is 13.6. The van der Waals surface area contributed by atoms with Crippen LogP contribution in [0.2, 0.25) is 0 Å². The Kier molecular flexibility index (Phi) is 4.95. The van der Waals surface area contributed by atoms with Gasteiger partial charge in [0.05, 0.1) is 4.92 Å². The first-order valence-electron chi connectivity index (χ1n) is 8.07. The summed E-state index contributed by atoms with van der Waals surface area (Å²) in [6.07, 6.45) is 0. The second-order valence-electron chi connectivity index (χ2n) is 5.95. The minimum atomic E-state index is -0.852. The Bertz CT molecular complexity index is 741. The highest BCUT2D eigenvalue weighted by atomic mass is 16.6. The molecule has 0 saturated carbocycles. The number of carbonyl (C=O) groups is 1. The molecule has 25 heavy (non-hydrogen) atoms. The summed E-state index contributed by atoms with van der Waals surface area (Å²) in [5.74, 6) is -0.852. The Labute approximate surface area is 145 Å². The lowest BCUT2D eigenvalue weighted by atomic mass is 10.0. The molecule has 1 heterocycles. The molecule has 0 bridgehead atoms. The standard InChI is InChI=1S/C18H19N3O4/c22-18(23)17(14-4-2-1-3-5-14)20-12-10-19(11-13-20)15-6-8-16(9-7-15)21(24)25/h1-9,17H,10-13H2,(H,22,23).